The molecule has 2 N–H and O–H groups in total. The van der Waals surface area contributed by atoms with E-state index in [-0.39, 0.29) is 29.2 Å². The van der Waals surface area contributed by atoms with E-state index < -0.39 is 6.04 Å². The number of likely N-dealkylation sites (tertiary alicyclic amines) is 2. The van der Waals surface area contributed by atoms with Gasteiger partial charge in [-0.05, 0) is 54.8 Å². The summed E-state index contributed by atoms with van der Waals surface area (Å²) in [5.74, 6) is -0.400. The lowest BCUT2D eigenvalue weighted by molar-refractivity contribution is -0.125. The van der Waals surface area contributed by atoms with Crippen LogP contribution in [0.2, 0.25) is 5.02 Å². The van der Waals surface area contributed by atoms with Crippen molar-refractivity contribution >= 4 is 34.2 Å². The minimum atomic E-state index is -0.500. The molecule has 7 heteroatoms. The summed E-state index contributed by atoms with van der Waals surface area (Å²) in [4.78, 5) is 30.5. The highest BCUT2D eigenvalue weighted by Gasteiger charge is 2.36. The van der Waals surface area contributed by atoms with Crippen molar-refractivity contribution in [3.63, 3.8) is 0 Å². The number of rotatable bonds is 5. The average Bonchev–Trinajstić information content (AvgIpc) is 3.37. The van der Waals surface area contributed by atoms with Crippen LogP contribution in [0.1, 0.15) is 41.6 Å². The fraction of sp³-hybridized carbons (Fsp3) is 0.357. The van der Waals surface area contributed by atoms with Crippen LogP contribution >= 0.6 is 11.6 Å². The first-order valence-corrected chi connectivity index (χ1v) is 12.7. The molecule has 0 spiro atoms. The predicted molar refractivity (Wildman–Crippen MR) is 138 cm³/mol. The Morgan fingerprint density at radius 2 is 1.69 bits per heavy atom. The molecule has 1 atom stereocenters. The molecule has 2 amide bonds. The Kier molecular flexibility index (Phi) is 6.93. The molecule has 3 aromatic rings. The highest BCUT2D eigenvalue weighted by molar-refractivity contribution is 6.30. The van der Waals surface area contributed by atoms with Gasteiger partial charge in [-0.2, -0.15) is 0 Å². The van der Waals surface area contributed by atoms with Crippen LogP contribution in [0.15, 0.2) is 60.7 Å². The zero-order valence-electron chi connectivity index (χ0n) is 19.6. The summed E-state index contributed by atoms with van der Waals surface area (Å²) >= 11 is 5.98. The van der Waals surface area contributed by atoms with E-state index in [0.29, 0.717) is 18.4 Å². The van der Waals surface area contributed by atoms with Crippen LogP contribution in [0.3, 0.4) is 0 Å². The number of carbonyl (C=O) groups is 2. The van der Waals surface area contributed by atoms with E-state index >= 15 is 0 Å². The second kappa shape index (κ2) is 10.3. The molecule has 0 radical (unpaired) electrons. The van der Waals surface area contributed by atoms with Crippen LogP contribution in [-0.2, 0) is 11.3 Å². The molecule has 0 aromatic heterocycles. The van der Waals surface area contributed by atoms with E-state index in [2.05, 4.69) is 22.3 Å². The Hall–Kier alpha value is -3.09. The molecule has 2 heterocycles. The number of hydrogen-bond acceptors (Lipinski definition) is 4. The van der Waals surface area contributed by atoms with Crippen molar-refractivity contribution in [2.45, 2.75) is 44.3 Å². The average molecular weight is 492 g/mol. The van der Waals surface area contributed by atoms with E-state index in [1.54, 1.807) is 17.0 Å². The third-order valence-electron chi connectivity index (χ3n) is 7.20. The number of aromatic hydroxyl groups is 1. The fourth-order valence-electron chi connectivity index (χ4n) is 5.25. The molecular weight excluding hydrogens is 462 g/mol. The third kappa shape index (κ3) is 5.14. The first-order valence-electron chi connectivity index (χ1n) is 12.3. The lowest BCUT2D eigenvalue weighted by atomic mass is 10.0. The number of benzene rings is 3. The Labute approximate surface area is 210 Å². The van der Waals surface area contributed by atoms with Gasteiger partial charge in [0.15, 0.2) is 0 Å². The largest absolute Gasteiger partial charge is 0.506 e. The number of fused-ring (bicyclic) bond motifs is 1. The maximum atomic E-state index is 13.3. The molecule has 182 valence electrons. The summed E-state index contributed by atoms with van der Waals surface area (Å²) in [5, 5.41) is 16.2. The molecule has 5 rings (SSSR count). The van der Waals surface area contributed by atoms with Crippen molar-refractivity contribution in [2.24, 2.45) is 0 Å². The van der Waals surface area contributed by atoms with Crippen LogP contribution in [0.4, 0.5) is 0 Å². The van der Waals surface area contributed by atoms with Crippen LogP contribution in [0, 0.1) is 0 Å². The van der Waals surface area contributed by atoms with E-state index in [1.165, 1.54) is 5.56 Å². The molecule has 0 saturated carbocycles. The Balaban J connectivity index is 1.19. The van der Waals surface area contributed by atoms with Crippen molar-refractivity contribution in [3.05, 3.63) is 76.8 Å². The lowest BCUT2D eigenvalue weighted by Gasteiger charge is -2.33. The molecule has 6 nitrogen and oxygen atoms in total. The summed E-state index contributed by atoms with van der Waals surface area (Å²) < 4.78 is 0. The summed E-state index contributed by atoms with van der Waals surface area (Å²) in [6.07, 6.45) is 3.18. The van der Waals surface area contributed by atoms with Gasteiger partial charge in [-0.25, -0.2) is 0 Å². The highest BCUT2D eigenvalue weighted by atomic mass is 35.5. The maximum Gasteiger partial charge on any atom is 0.258 e. The standard InChI is InChI=1S/C28H30ClN3O3/c29-21-10-7-19(8-11-21)18-31-16-13-22(14-17-31)30-27(34)25-6-3-15-32(25)28(35)24-12-9-20-4-1-2-5-23(20)26(24)33/h1-2,4-5,7-12,22,25,33H,3,6,13-18H2,(H,30,34). The number of phenols is 1. The quantitative estimate of drug-likeness (QED) is 0.547. The molecule has 2 fully saturated rings. The molecule has 2 saturated heterocycles. The molecule has 2 aliphatic heterocycles. The van der Waals surface area contributed by atoms with Crippen molar-refractivity contribution in [1.29, 1.82) is 0 Å². The number of hydrogen-bond donors (Lipinski definition) is 2. The smallest absolute Gasteiger partial charge is 0.258 e. The molecule has 3 aromatic carbocycles. The van der Waals surface area contributed by atoms with Crippen LogP contribution in [0.5, 0.6) is 5.75 Å². The second-order valence-electron chi connectivity index (χ2n) is 9.52. The minimum absolute atomic E-state index is 0.0211. The molecule has 1 unspecified atom stereocenters. The minimum Gasteiger partial charge on any atom is -0.506 e. The number of carbonyl (C=O) groups excluding carboxylic acids is 2. The molecule has 0 bridgehead atoms. The zero-order chi connectivity index (χ0) is 24.4. The van der Waals surface area contributed by atoms with Gasteiger partial charge in [0.05, 0.1) is 5.56 Å². The van der Waals surface area contributed by atoms with Crippen LogP contribution in [0.25, 0.3) is 10.8 Å². The summed E-state index contributed by atoms with van der Waals surface area (Å²) in [5.41, 5.74) is 1.48. The lowest BCUT2D eigenvalue weighted by Crippen LogP contribution is -2.51. The van der Waals surface area contributed by atoms with E-state index in [0.717, 1.165) is 49.3 Å². The van der Waals surface area contributed by atoms with Crippen molar-refractivity contribution in [2.75, 3.05) is 19.6 Å². The monoisotopic (exact) mass is 491 g/mol. The maximum absolute atomic E-state index is 13.3. The number of nitrogens with one attached hydrogen (secondary N) is 1. The van der Waals surface area contributed by atoms with Crippen LogP contribution in [-0.4, -0.2) is 58.4 Å². The topological polar surface area (TPSA) is 72.9 Å². The SMILES string of the molecule is O=C(NC1CCN(Cc2ccc(Cl)cc2)CC1)C1CCCN1C(=O)c1ccc2ccccc2c1O. The summed E-state index contributed by atoms with van der Waals surface area (Å²) in [7, 11) is 0. The van der Waals surface area contributed by atoms with Gasteiger partial charge in [-0.3, -0.25) is 14.5 Å². The van der Waals surface area contributed by atoms with Crippen LogP contribution < -0.4 is 5.32 Å². The second-order valence-corrected chi connectivity index (χ2v) is 9.96. The molecule has 2 aliphatic rings. The first-order chi connectivity index (χ1) is 17.0. The predicted octanol–water partition coefficient (Wildman–Crippen LogP) is 4.58. The Bertz CT molecular complexity index is 1220. The van der Waals surface area contributed by atoms with Gasteiger partial charge in [0.1, 0.15) is 11.8 Å². The number of phenolic OH excluding ortho intramolecular Hbond substituents is 1. The number of nitrogens with zero attached hydrogens (tertiary/aromatic N) is 2. The van der Waals surface area contributed by atoms with Gasteiger partial charge >= 0.3 is 0 Å². The molecule has 35 heavy (non-hydrogen) atoms. The number of amides is 2. The van der Waals surface area contributed by atoms with Crippen molar-refractivity contribution in [3.8, 4) is 5.75 Å². The first kappa shape index (κ1) is 23.6. The zero-order valence-corrected chi connectivity index (χ0v) is 20.4. The fourth-order valence-corrected chi connectivity index (χ4v) is 5.37. The highest BCUT2D eigenvalue weighted by Crippen LogP contribution is 2.31. The molecular formula is C28H30ClN3O3. The van der Waals surface area contributed by atoms with E-state index in [1.807, 2.05) is 36.4 Å². The summed E-state index contributed by atoms with van der Waals surface area (Å²) in [6, 6.07) is 18.5. The van der Waals surface area contributed by atoms with Gasteiger partial charge in [0.25, 0.3) is 5.91 Å². The van der Waals surface area contributed by atoms with Gasteiger partial charge in [-0.15, -0.1) is 0 Å². The number of halogens is 1. The van der Waals surface area contributed by atoms with Gasteiger partial charge < -0.3 is 15.3 Å². The third-order valence-corrected chi connectivity index (χ3v) is 7.45. The molecule has 0 aliphatic carbocycles. The van der Waals surface area contributed by atoms with Crippen molar-refractivity contribution < 1.29 is 14.7 Å². The van der Waals surface area contributed by atoms with Gasteiger partial charge in [-0.1, -0.05) is 54.1 Å². The number of piperidine rings is 1. The normalized spacial score (nSPS) is 19.2. The Morgan fingerprint density at radius 1 is 0.943 bits per heavy atom. The van der Waals surface area contributed by atoms with Gasteiger partial charge in [0, 0.05) is 42.6 Å². The summed E-state index contributed by atoms with van der Waals surface area (Å²) in [6.45, 7) is 3.21. The van der Waals surface area contributed by atoms with Crippen molar-refractivity contribution in [1.82, 2.24) is 15.1 Å². The van der Waals surface area contributed by atoms with E-state index in [9.17, 15) is 14.7 Å². The van der Waals surface area contributed by atoms with E-state index in [4.69, 9.17) is 11.6 Å². The Morgan fingerprint density at radius 3 is 2.46 bits per heavy atom. The van der Waals surface area contributed by atoms with Gasteiger partial charge in [0.2, 0.25) is 5.91 Å².